The van der Waals surface area contributed by atoms with Crippen molar-refractivity contribution in [1.82, 2.24) is 25.1 Å². The van der Waals surface area contributed by atoms with Crippen molar-refractivity contribution in [2.24, 2.45) is 0 Å². The first-order chi connectivity index (χ1) is 18.6. The number of nitrogens with one attached hydrogen (secondary N) is 2. The molecule has 0 amide bonds. The van der Waals surface area contributed by atoms with Crippen LogP contribution in [0.2, 0.25) is 0 Å². The van der Waals surface area contributed by atoms with Crippen molar-refractivity contribution < 1.29 is 0 Å². The van der Waals surface area contributed by atoms with E-state index in [0.29, 0.717) is 0 Å². The summed E-state index contributed by atoms with van der Waals surface area (Å²) in [4.78, 5) is 13.1. The van der Waals surface area contributed by atoms with Gasteiger partial charge >= 0.3 is 0 Å². The third-order valence-corrected chi connectivity index (χ3v) is 8.51. The number of fused-ring (bicyclic) bond motifs is 2. The van der Waals surface area contributed by atoms with Gasteiger partial charge in [-0.1, -0.05) is 37.3 Å². The number of aromatic amines is 2. The highest BCUT2D eigenvalue weighted by molar-refractivity contribution is 7.15. The number of piperidine rings is 1. The lowest BCUT2D eigenvalue weighted by Gasteiger charge is -2.26. The van der Waals surface area contributed by atoms with Crippen LogP contribution in [0.4, 0.5) is 0 Å². The van der Waals surface area contributed by atoms with Gasteiger partial charge in [0.2, 0.25) is 0 Å². The number of likely N-dealkylation sites (tertiary alicyclic amines) is 1. The van der Waals surface area contributed by atoms with Crippen molar-refractivity contribution in [1.29, 1.82) is 0 Å². The minimum atomic E-state index is 0.919. The number of rotatable bonds is 7. The fraction of sp³-hybridized carbons (Fsp3) is 0.250. The number of nitrogens with zero attached hydrogens (tertiary/aromatic N) is 3. The van der Waals surface area contributed by atoms with E-state index < -0.39 is 0 Å². The van der Waals surface area contributed by atoms with Gasteiger partial charge in [-0.25, -0.2) is 0 Å². The quantitative estimate of drug-likeness (QED) is 0.213. The van der Waals surface area contributed by atoms with E-state index in [4.69, 9.17) is 5.10 Å². The highest BCUT2D eigenvalue weighted by atomic mass is 32.1. The molecular formula is C32H33N5S. The first-order valence-electron chi connectivity index (χ1n) is 13.4. The number of hydrogen-bond donors (Lipinski definition) is 2. The van der Waals surface area contributed by atoms with Crippen molar-refractivity contribution in [2.45, 2.75) is 33.1 Å². The fourth-order valence-corrected chi connectivity index (χ4v) is 6.32. The normalized spacial score (nSPS) is 15.5. The van der Waals surface area contributed by atoms with Crippen molar-refractivity contribution in [3.8, 4) is 21.8 Å². The van der Waals surface area contributed by atoms with Gasteiger partial charge in [0.15, 0.2) is 0 Å². The van der Waals surface area contributed by atoms with Gasteiger partial charge in [0, 0.05) is 38.8 Å². The SMILES string of the molecule is C=C/C(=C\C(=C/C)c1ccc2[nH]nc(-c3cc4c(-c5ccc(C)s5)cncc4[nH]3)c2c1)CN1CCCCC1. The molecule has 0 atom stereocenters. The van der Waals surface area contributed by atoms with Crippen LogP contribution in [0.5, 0.6) is 0 Å². The molecule has 0 unspecified atom stereocenters. The average molecular weight is 520 g/mol. The Labute approximate surface area is 227 Å². The van der Waals surface area contributed by atoms with Crippen molar-refractivity contribution in [2.75, 3.05) is 19.6 Å². The zero-order valence-corrected chi connectivity index (χ0v) is 22.9. The summed E-state index contributed by atoms with van der Waals surface area (Å²) in [5.74, 6) is 0. The highest BCUT2D eigenvalue weighted by Crippen LogP contribution is 2.36. The zero-order chi connectivity index (χ0) is 26.1. The Kier molecular flexibility index (Phi) is 6.83. The third-order valence-electron chi connectivity index (χ3n) is 7.47. The molecule has 0 aliphatic carbocycles. The summed E-state index contributed by atoms with van der Waals surface area (Å²) in [5, 5.41) is 10.2. The van der Waals surface area contributed by atoms with Gasteiger partial charge in [-0.3, -0.25) is 15.0 Å². The Bertz CT molecular complexity index is 1670. The van der Waals surface area contributed by atoms with Crippen LogP contribution in [0, 0.1) is 6.92 Å². The van der Waals surface area contributed by atoms with Gasteiger partial charge in [-0.15, -0.1) is 11.3 Å². The number of benzene rings is 1. The number of thiophene rings is 1. The van der Waals surface area contributed by atoms with Gasteiger partial charge in [-0.05, 0) is 86.8 Å². The number of aryl methyl sites for hydroxylation is 1. The Morgan fingerprint density at radius 3 is 2.68 bits per heavy atom. The van der Waals surface area contributed by atoms with Crippen molar-refractivity contribution in [3.05, 3.63) is 89.6 Å². The maximum atomic E-state index is 4.72. The van der Waals surface area contributed by atoms with E-state index >= 15 is 0 Å². The molecule has 0 spiro atoms. The van der Waals surface area contributed by atoms with E-state index in [9.17, 15) is 0 Å². The van der Waals surface area contributed by atoms with Gasteiger partial charge in [0.05, 0.1) is 22.9 Å². The molecule has 1 aromatic carbocycles. The second-order valence-corrected chi connectivity index (χ2v) is 11.4. The standard InChI is InChI=1S/C32H33N5S/c1-4-22(20-37-13-7-6-8-14-37)15-23(5-2)24-10-11-28-26(16-24)32(36-35-28)29-17-25-27(18-33-19-30(25)34-29)31-12-9-21(3)38-31/h4-5,9-12,15-19,34H,1,6-8,13-14,20H2,2-3H3,(H,35,36)/b22-15+,23-5+. The number of aromatic nitrogens is 4. The lowest BCUT2D eigenvalue weighted by Crippen LogP contribution is -2.31. The van der Waals surface area contributed by atoms with Crippen LogP contribution < -0.4 is 0 Å². The zero-order valence-electron chi connectivity index (χ0n) is 22.1. The summed E-state index contributed by atoms with van der Waals surface area (Å²) >= 11 is 1.79. The molecule has 5 nitrogen and oxygen atoms in total. The van der Waals surface area contributed by atoms with Gasteiger partial charge in [0.1, 0.15) is 5.69 Å². The number of allylic oxidation sites excluding steroid dienone is 3. The molecule has 1 saturated heterocycles. The summed E-state index contributed by atoms with van der Waals surface area (Å²) in [6.07, 6.45) is 14.3. The molecule has 6 heteroatoms. The average Bonchev–Trinajstić information content (AvgIpc) is 3.68. The van der Waals surface area contributed by atoms with Crippen LogP contribution in [0.1, 0.15) is 36.6 Å². The highest BCUT2D eigenvalue weighted by Gasteiger charge is 2.16. The first-order valence-corrected chi connectivity index (χ1v) is 14.2. The van der Waals surface area contributed by atoms with E-state index in [1.807, 2.05) is 18.5 Å². The minimum absolute atomic E-state index is 0.919. The monoisotopic (exact) mass is 519 g/mol. The molecule has 0 bridgehead atoms. The smallest absolute Gasteiger partial charge is 0.116 e. The predicted octanol–water partition coefficient (Wildman–Crippen LogP) is 8.14. The van der Waals surface area contributed by atoms with Crippen LogP contribution in [0.3, 0.4) is 0 Å². The molecule has 0 saturated carbocycles. The third kappa shape index (κ3) is 4.77. The van der Waals surface area contributed by atoms with Gasteiger partial charge < -0.3 is 4.98 Å². The van der Waals surface area contributed by atoms with Crippen molar-refractivity contribution >= 4 is 38.7 Å². The summed E-state index contributed by atoms with van der Waals surface area (Å²) in [5.41, 5.74) is 8.72. The molecule has 1 aliphatic rings. The Hall–Kier alpha value is -3.74. The summed E-state index contributed by atoms with van der Waals surface area (Å²) < 4.78 is 0. The van der Waals surface area contributed by atoms with E-state index in [1.54, 1.807) is 11.3 Å². The largest absolute Gasteiger partial charge is 0.352 e. The minimum Gasteiger partial charge on any atom is -0.352 e. The Morgan fingerprint density at radius 2 is 1.92 bits per heavy atom. The maximum absolute atomic E-state index is 4.72. The molecule has 0 radical (unpaired) electrons. The topological polar surface area (TPSA) is 60.6 Å². The molecule has 1 aliphatic heterocycles. The van der Waals surface area contributed by atoms with Crippen LogP contribution in [0.15, 0.2) is 79.2 Å². The van der Waals surface area contributed by atoms with Gasteiger partial charge in [0.25, 0.3) is 0 Å². The second kappa shape index (κ2) is 10.6. The maximum Gasteiger partial charge on any atom is 0.116 e. The van der Waals surface area contributed by atoms with Crippen LogP contribution >= 0.6 is 11.3 Å². The second-order valence-electron chi connectivity index (χ2n) is 10.1. The Balaban J connectivity index is 1.36. The molecule has 192 valence electrons. The van der Waals surface area contributed by atoms with Crippen LogP contribution in [-0.4, -0.2) is 44.7 Å². The number of pyridine rings is 1. The molecule has 5 heterocycles. The number of H-pyrrole nitrogens is 2. The predicted molar refractivity (Wildman–Crippen MR) is 161 cm³/mol. The Morgan fingerprint density at radius 1 is 1.05 bits per heavy atom. The lowest BCUT2D eigenvalue weighted by atomic mass is 9.99. The van der Waals surface area contributed by atoms with Gasteiger partial charge in [-0.2, -0.15) is 5.10 Å². The number of hydrogen-bond acceptors (Lipinski definition) is 4. The molecule has 4 aromatic heterocycles. The molecule has 1 fully saturated rings. The van der Waals surface area contributed by atoms with E-state index in [1.165, 1.54) is 58.8 Å². The first kappa shape index (κ1) is 24.6. The van der Waals surface area contributed by atoms with Crippen LogP contribution in [0.25, 0.3) is 49.2 Å². The summed E-state index contributed by atoms with van der Waals surface area (Å²) in [7, 11) is 0. The summed E-state index contributed by atoms with van der Waals surface area (Å²) in [6.45, 7) is 11.7. The van der Waals surface area contributed by atoms with Crippen molar-refractivity contribution in [3.63, 3.8) is 0 Å². The van der Waals surface area contributed by atoms with Crippen LogP contribution in [-0.2, 0) is 0 Å². The van der Waals surface area contributed by atoms with E-state index in [-0.39, 0.29) is 0 Å². The lowest BCUT2D eigenvalue weighted by molar-refractivity contribution is 0.248. The molecule has 2 N–H and O–H groups in total. The molecule has 38 heavy (non-hydrogen) atoms. The van der Waals surface area contributed by atoms with E-state index in [0.717, 1.165) is 45.3 Å². The fourth-order valence-electron chi connectivity index (χ4n) is 5.43. The molecule has 5 aromatic rings. The molecular weight excluding hydrogens is 486 g/mol. The summed E-state index contributed by atoms with van der Waals surface area (Å²) in [6, 6.07) is 13.1. The molecule has 6 rings (SSSR count). The van der Waals surface area contributed by atoms with E-state index in [2.05, 4.69) is 88.9 Å².